The normalized spacial score (nSPS) is 10.6. The van der Waals surface area contributed by atoms with Crippen molar-refractivity contribution in [3.8, 4) is 11.5 Å². The first-order valence-electron chi connectivity index (χ1n) is 5.91. The van der Waals surface area contributed by atoms with Crippen LogP contribution in [-0.4, -0.2) is 21.3 Å². The van der Waals surface area contributed by atoms with Crippen molar-refractivity contribution >= 4 is 17.3 Å². The van der Waals surface area contributed by atoms with E-state index in [1.165, 1.54) is 12.1 Å². The van der Waals surface area contributed by atoms with Crippen LogP contribution in [-0.2, 0) is 6.42 Å². The Kier molecular flexibility index (Phi) is 3.30. The fraction of sp³-hybridized carbons (Fsp3) is 0.0714. The Morgan fingerprint density at radius 2 is 2.15 bits per heavy atom. The molecular weight excluding hydrogens is 276 g/mol. The van der Waals surface area contributed by atoms with Crippen molar-refractivity contribution in [1.29, 1.82) is 0 Å². The number of carboxylic acid groups (broad SMARTS) is 1. The molecule has 0 spiro atoms. The number of aromatic nitrogens is 2. The number of thiophene rings is 1. The first-order chi connectivity index (χ1) is 9.72. The van der Waals surface area contributed by atoms with Crippen molar-refractivity contribution in [3.05, 3.63) is 58.1 Å². The minimum Gasteiger partial charge on any atom is -0.478 e. The van der Waals surface area contributed by atoms with E-state index < -0.39 is 5.97 Å². The molecule has 0 atom stereocenters. The van der Waals surface area contributed by atoms with E-state index in [0.717, 1.165) is 4.88 Å². The van der Waals surface area contributed by atoms with Crippen LogP contribution >= 0.6 is 11.3 Å². The van der Waals surface area contributed by atoms with E-state index in [4.69, 9.17) is 9.52 Å². The maximum absolute atomic E-state index is 10.9. The molecule has 0 fully saturated rings. The molecule has 0 aliphatic carbocycles. The van der Waals surface area contributed by atoms with E-state index in [1.54, 1.807) is 23.5 Å². The number of benzene rings is 1. The van der Waals surface area contributed by atoms with Gasteiger partial charge in [-0.15, -0.1) is 21.5 Å². The Morgan fingerprint density at radius 3 is 2.90 bits per heavy atom. The average Bonchev–Trinajstić information content (AvgIpc) is 3.11. The molecule has 100 valence electrons. The zero-order valence-corrected chi connectivity index (χ0v) is 11.1. The van der Waals surface area contributed by atoms with Crippen molar-refractivity contribution < 1.29 is 14.3 Å². The minimum absolute atomic E-state index is 0.195. The molecule has 2 aromatic heterocycles. The lowest BCUT2D eigenvalue weighted by molar-refractivity contribution is 0.0697. The first kappa shape index (κ1) is 12.6. The molecule has 2 heterocycles. The maximum Gasteiger partial charge on any atom is 0.335 e. The van der Waals surface area contributed by atoms with Crippen molar-refractivity contribution in [2.24, 2.45) is 0 Å². The summed E-state index contributed by atoms with van der Waals surface area (Å²) in [6.45, 7) is 0. The van der Waals surface area contributed by atoms with Gasteiger partial charge < -0.3 is 9.52 Å². The highest BCUT2D eigenvalue weighted by atomic mass is 32.1. The molecule has 20 heavy (non-hydrogen) atoms. The van der Waals surface area contributed by atoms with Crippen LogP contribution in [0.15, 0.2) is 46.2 Å². The van der Waals surface area contributed by atoms with Crippen LogP contribution in [0.25, 0.3) is 11.5 Å². The second kappa shape index (κ2) is 5.26. The second-order valence-corrected chi connectivity index (χ2v) is 5.18. The predicted octanol–water partition coefficient (Wildman–Crippen LogP) is 3.09. The third-order valence-corrected chi connectivity index (χ3v) is 3.61. The second-order valence-electron chi connectivity index (χ2n) is 4.14. The molecule has 0 amide bonds. The number of rotatable bonds is 4. The van der Waals surface area contributed by atoms with Gasteiger partial charge in [-0.05, 0) is 29.6 Å². The summed E-state index contributed by atoms with van der Waals surface area (Å²) in [4.78, 5) is 12.1. The number of nitrogens with zero attached hydrogens (tertiary/aromatic N) is 2. The Morgan fingerprint density at radius 1 is 1.25 bits per heavy atom. The topological polar surface area (TPSA) is 76.2 Å². The molecule has 1 N–H and O–H groups in total. The maximum atomic E-state index is 10.9. The summed E-state index contributed by atoms with van der Waals surface area (Å²) in [5.41, 5.74) is 0.801. The van der Waals surface area contributed by atoms with E-state index in [-0.39, 0.29) is 5.56 Å². The number of aromatic carboxylic acids is 1. The molecule has 0 bridgehead atoms. The van der Waals surface area contributed by atoms with Crippen LogP contribution in [0, 0.1) is 0 Å². The Balaban J connectivity index is 1.86. The summed E-state index contributed by atoms with van der Waals surface area (Å²) in [7, 11) is 0. The van der Waals surface area contributed by atoms with Gasteiger partial charge >= 0.3 is 5.97 Å². The Bertz CT molecular complexity index is 734. The molecule has 0 saturated heterocycles. The van der Waals surface area contributed by atoms with Crippen molar-refractivity contribution in [1.82, 2.24) is 10.2 Å². The van der Waals surface area contributed by atoms with Gasteiger partial charge in [0.05, 0.1) is 12.0 Å². The number of hydrogen-bond donors (Lipinski definition) is 1. The van der Waals surface area contributed by atoms with Gasteiger partial charge in [0.25, 0.3) is 0 Å². The van der Waals surface area contributed by atoms with Crippen LogP contribution < -0.4 is 0 Å². The summed E-state index contributed by atoms with van der Waals surface area (Å²) in [6, 6.07) is 10.4. The zero-order chi connectivity index (χ0) is 13.9. The van der Waals surface area contributed by atoms with Gasteiger partial charge in [-0.3, -0.25) is 0 Å². The molecule has 0 aliphatic rings. The van der Waals surface area contributed by atoms with Crippen molar-refractivity contribution in [2.45, 2.75) is 6.42 Å². The molecule has 6 heteroatoms. The number of carboxylic acids is 1. The molecule has 3 rings (SSSR count). The highest BCUT2D eigenvalue weighted by molar-refractivity contribution is 7.09. The van der Waals surface area contributed by atoms with E-state index in [9.17, 15) is 4.79 Å². The summed E-state index contributed by atoms with van der Waals surface area (Å²) in [6.07, 6.45) is 0.587. The molecule has 5 nitrogen and oxygen atoms in total. The first-order valence-corrected chi connectivity index (χ1v) is 6.79. The predicted molar refractivity (Wildman–Crippen MR) is 73.8 cm³/mol. The smallest absolute Gasteiger partial charge is 0.335 e. The van der Waals surface area contributed by atoms with Crippen LogP contribution in [0.3, 0.4) is 0 Å². The van der Waals surface area contributed by atoms with Crippen molar-refractivity contribution in [2.75, 3.05) is 0 Å². The van der Waals surface area contributed by atoms with Gasteiger partial charge in [0.15, 0.2) is 0 Å². The Labute approximate surface area is 118 Å². The number of carbonyl (C=O) groups is 1. The zero-order valence-electron chi connectivity index (χ0n) is 10.3. The lowest BCUT2D eigenvalue weighted by Gasteiger charge is -1.97. The summed E-state index contributed by atoms with van der Waals surface area (Å²) in [5, 5.41) is 18.9. The van der Waals surface area contributed by atoms with Crippen LogP contribution in [0.1, 0.15) is 21.1 Å². The van der Waals surface area contributed by atoms with E-state index in [0.29, 0.717) is 23.8 Å². The molecule has 0 radical (unpaired) electrons. The van der Waals surface area contributed by atoms with E-state index in [1.807, 2.05) is 17.5 Å². The molecule has 0 saturated carbocycles. The molecule has 0 unspecified atom stereocenters. The molecule has 3 aromatic rings. The third kappa shape index (κ3) is 2.60. The van der Waals surface area contributed by atoms with Crippen LogP contribution in [0.4, 0.5) is 0 Å². The Hall–Kier alpha value is -2.47. The minimum atomic E-state index is -0.981. The van der Waals surface area contributed by atoms with Gasteiger partial charge in [-0.25, -0.2) is 4.79 Å². The average molecular weight is 286 g/mol. The monoisotopic (exact) mass is 286 g/mol. The highest BCUT2D eigenvalue weighted by Gasteiger charge is 2.11. The summed E-state index contributed by atoms with van der Waals surface area (Å²) < 4.78 is 5.57. The fourth-order valence-electron chi connectivity index (χ4n) is 1.79. The lowest BCUT2D eigenvalue weighted by Crippen LogP contribution is -1.95. The van der Waals surface area contributed by atoms with Gasteiger partial charge in [0.1, 0.15) is 0 Å². The summed E-state index contributed by atoms with van der Waals surface area (Å²) in [5.74, 6) is -0.131. The van der Waals surface area contributed by atoms with Crippen LogP contribution in [0.2, 0.25) is 0 Å². The van der Waals surface area contributed by atoms with Gasteiger partial charge in [0.2, 0.25) is 11.8 Å². The number of hydrogen-bond acceptors (Lipinski definition) is 5. The SMILES string of the molecule is O=C(O)c1cccc(-c2nnc(Cc3cccs3)o2)c1. The quantitative estimate of drug-likeness (QED) is 0.797. The molecular formula is C14H10N2O3S. The third-order valence-electron chi connectivity index (χ3n) is 2.73. The largest absolute Gasteiger partial charge is 0.478 e. The van der Waals surface area contributed by atoms with Crippen LogP contribution in [0.5, 0.6) is 0 Å². The van der Waals surface area contributed by atoms with Gasteiger partial charge in [0, 0.05) is 10.4 Å². The van der Waals surface area contributed by atoms with Crippen molar-refractivity contribution in [3.63, 3.8) is 0 Å². The highest BCUT2D eigenvalue weighted by Crippen LogP contribution is 2.21. The van der Waals surface area contributed by atoms with Gasteiger partial charge in [-0.1, -0.05) is 12.1 Å². The van der Waals surface area contributed by atoms with E-state index in [2.05, 4.69) is 10.2 Å². The standard InChI is InChI=1S/C14H10N2O3S/c17-14(18)10-4-1-3-9(7-10)13-16-15-12(19-13)8-11-5-2-6-20-11/h1-7H,8H2,(H,17,18). The molecule has 1 aromatic carbocycles. The molecule has 0 aliphatic heterocycles. The fourth-order valence-corrected chi connectivity index (χ4v) is 2.49. The lowest BCUT2D eigenvalue weighted by atomic mass is 10.1. The van der Waals surface area contributed by atoms with E-state index >= 15 is 0 Å². The summed E-state index contributed by atoms with van der Waals surface area (Å²) >= 11 is 1.62. The van der Waals surface area contributed by atoms with Gasteiger partial charge in [-0.2, -0.15) is 0 Å².